The second-order valence-corrected chi connectivity index (χ2v) is 4.55. The number of fused-ring (bicyclic) bond motifs is 1. The van der Waals surface area contributed by atoms with Crippen molar-refractivity contribution in [1.29, 1.82) is 0 Å². The van der Waals surface area contributed by atoms with Gasteiger partial charge >= 0.3 is 0 Å². The molecule has 0 amide bonds. The van der Waals surface area contributed by atoms with E-state index in [0.29, 0.717) is 0 Å². The third kappa shape index (κ3) is 2.39. The van der Waals surface area contributed by atoms with E-state index in [1.807, 2.05) is 44.2 Å². The molecule has 2 rings (SSSR count). The van der Waals surface area contributed by atoms with Crippen LogP contribution in [0.3, 0.4) is 0 Å². The summed E-state index contributed by atoms with van der Waals surface area (Å²) < 4.78 is 2.00. The van der Waals surface area contributed by atoms with Crippen molar-refractivity contribution >= 4 is 16.9 Å². The van der Waals surface area contributed by atoms with Gasteiger partial charge in [0.15, 0.2) is 5.82 Å². The van der Waals surface area contributed by atoms with Gasteiger partial charge in [0.05, 0.1) is 11.8 Å². The molecule has 0 aliphatic rings. The number of rotatable bonds is 4. The summed E-state index contributed by atoms with van der Waals surface area (Å²) in [5.41, 5.74) is 7.81. The van der Waals surface area contributed by atoms with Gasteiger partial charge in [-0.3, -0.25) is 0 Å². The fourth-order valence-corrected chi connectivity index (χ4v) is 1.83. The Bertz CT molecular complexity index is 503. The molecule has 1 unspecified atom stereocenters. The average Bonchev–Trinajstić information content (AvgIpc) is 2.68. The number of aromatic nitrogens is 3. The van der Waals surface area contributed by atoms with Crippen LogP contribution in [0.2, 0.25) is 0 Å². The topological polar surface area (TPSA) is 60.0 Å². The normalized spacial score (nSPS) is 12.9. The summed E-state index contributed by atoms with van der Waals surface area (Å²) in [6.07, 6.45) is 4.58. The van der Waals surface area contributed by atoms with E-state index in [1.165, 1.54) is 0 Å². The lowest BCUT2D eigenvalue weighted by molar-refractivity contribution is 0.657. The Morgan fingerprint density at radius 2 is 2.24 bits per heavy atom. The maximum Gasteiger partial charge on any atom is 0.156 e. The van der Waals surface area contributed by atoms with Crippen LogP contribution in [0.5, 0.6) is 0 Å². The van der Waals surface area contributed by atoms with Gasteiger partial charge in [-0.05, 0) is 19.4 Å². The van der Waals surface area contributed by atoms with Crippen molar-refractivity contribution in [3.63, 3.8) is 0 Å². The number of hydrogen-bond acceptors (Lipinski definition) is 4. The van der Waals surface area contributed by atoms with E-state index in [1.54, 1.807) is 0 Å². The summed E-state index contributed by atoms with van der Waals surface area (Å²) in [5, 5.41) is 0. The molecule has 0 aromatic carbocycles. The Morgan fingerprint density at radius 3 is 2.94 bits per heavy atom. The van der Waals surface area contributed by atoms with Gasteiger partial charge in [0.2, 0.25) is 0 Å². The second kappa shape index (κ2) is 4.71. The van der Waals surface area contributed by atoms with Crippen LogP contribution in [-0.4, -0.2) is 34.2 Å². The molecule has 2 heterocycles. The van der Waals surface area contributed by atoms with Crippen molar-refractivity contribution < 1.29 is 0 Å². The minimum atomic E-state index is 0.209. The van der Waals surface area contributed by atoms with Gasteiger partial charge in [0.25, 0.3) is 0 Å². The molecule has 0 aliphatic heterocycles. The summed E-state index contributed by atoms with van der Waals surface area (Å²) >= 11 is 0. The van der Waals surface area contributed by atoms with Gasteiger partial charge in [-0.2, -0.15) is 0 Å². The highest BCUT2D eigenvalue weighted by molar-refractivity contribution is 5.86. The zero-order chi connectivity index (χ0) is 12.4. The first kappa shape index (κ1) is 11.9. The summed E-state index contributed by atoms with van der Waals surface area (Å²) in [6.45, 7) is 2.91. The maximum atomic E-state index is 5.77. The first-order valence-corrected chi connectivity index (χ1v) is 5.82. The molecule has 0 saturated carbocycles. The van der Waals surface area contributed by atoms with Crippen LogP contribution in [0.15, 0.2) is 18.6 Å². The van der Waals surface area contributed by atoms with E-state index in [9.17, 15) is 0 Å². The molecule has 0 spiro atoms. The molecular formula is C12H19N5. The quantitative estimate of drug-likeness (QED) is 0.860. The Labute approximate surface area is 101 Å². The van der Waals surface area contributed by atoms with Crippen LogP contribution in [0.25, 0.3) is 11.0 Å². The fraction of sp³-hybridized carbons (Fsp3) is 0.500. The lowest BCUT2D eigenvalue weighted by Crippen LogP contribution is -2.26. The van der Waals surface area contributed by atoms with Crippen molar-refractivity contribution in [2.45, 2.75) is 19.4 Å². The van der Waals surface area contributed by atoms with Crippen molar-refractivity contribution in [2.75, 3.05) is 18.5 Å². The Morgan fingerprint density at radius 1 is 1.47 bits per heavy atom. The molecule has 0 saturated heterocycles. The number of nitrogens with zero attached hydrogens (tertiary/aromatic N) is 4. The lowest BCUT2D eigenvalue weighted by Gasteiger charge is -2.19. The summed E-state index contributed by atoms with van der Waals surface area (Å²) in [6, 6.07) is 2.19. The maximum absolute atomic E-state index is 5.77. The van der Waals surface area contributed by atoms with E-state index < -0.39 is 0 Å². The molecule has 0 fully saturated rings. The molecular weight excluding hydrogens is 214 g/mol. The van der Waals surface area contributed by atoms with E-state index in [4.69, 9.17) is 5.73 Å². The van der Waals surface area contributed by atoms with Crippen molar-refractivity contribution in [3.8, 4) is 0 Å². The third-order valence-corrected chi connectivity index (χ3v) is 2.91. The number of pyridine rings is 1. The number of imidazole rings is 1. The summed E-state index contributed by atoms with van der Waals surface area (Å²) in [5.74, 6) is 0.920. The number of hydrogen-bond donors (Lipinski definition) is 1. The first-order valence-electron chi connectivity index (χ1n) is 5.82. The van der Waals surface area contributed by atoms with Gasteiger partial charge in [0, 0.05) is 32.9 Å². The third-order valence-electron chi connectivity index (χ3n) is 2.91. The van der Waals surface area contributed by atoms with Crippen LogP contribution in [0, 0.1) is 0 Å². The Balaban J connectivity index is 2.28. The van der Waals surface area contributed by atoms with E-state index in [0.717, 1.165) is 29.8 Å². The highest BCUT2D eigenvalue weighted by Gasteiger charge is 2.11. The van der Waals surface area contributed by atoms with Gasteiger partial charge in [-0.1, -0.05) is 0 Å². The average molecular weight is 233 g/mol. The van der Waals surface area contributed by atoms with Crippen molar-refractivity contribution in [3.05, 3.63) is 18.6 Å². The van der Waals surface area contributed by atoms with Crippen molar-refractivity contribution in [2.24, 2.45) is 12.8 Å². The lowest BCUT2D eigenvalue weighted by atomic mass is 10.2. The van der Waals surface area contributed by atoms with Crippen LogP contribution in [-0.2, 0) is 7.05 Å². The highest BCUT2D eigenvalue weighted by Crippen LogP contribution is 2.21. The number of aryl methyl sites for hydroxylation is 1. The minimum absolute atomic E-state index is 0.209. The monoisotopic (exact) mass is 233 g/mol. The van der Waals surface area contributed by atoms with Crippen LogP contribution in [0.1, 0.15) is 13.3 Å². The van der Waals surface area contributed by atoms with E-state index in [2.05, 4.69) is 14.9 Å². The van der Waals surface area contributed by atoms with Gasteiger partial charge < -0.3 is 15.2 Å². The molecule has 2 aromatic heterocycles. The van der Waals surface area contributed by atoms with Crippen LogP contribution < -0.4 is 10.6 Å². The zero-order valence-corrected chi connectivity index (χ0v) is 10.6. The molecule has 5 heteroatoms. The Kier molecular flexibility index (Phi) is 3.28. The second-order valence-electron chi connectivity index (χ2n) is 4.55. The number of nitrogens with two attached hydrogens (primary N) is 1. The largest absolute Gasteiger partial charge is 0.358 e. The molecule has 0 aliphatic carbocycles. The van der Waals surface area contributed by atoms with Gasteiger partial charge in [0.1, 0.15) is 5.52 Å². The molecule has 2 N–H and O–H groups in total. The predicted octanol–water partition coefficient (Wildman–Crippen LogP) is 1.14. The van der Waals surface area contributed by atoms with Gasteiger partial charge in [-0.15, -0.1) is 0 Å². The highest BCUT2D eigenvalue weighted by atomic mass is 15.2. The standard InChI is InChI=1S/C12H19N5/c1-9(13)5-7-16(2)12-11-10(4-6-14-12)17(3)8-15-11/h4,6,8-9H,5,7,13H2,1-3H3. The van der Waals surface area contributed by atoms with Crippen molar-refractivity contribution in [1.82, 2.24) is 14.5 Å². The smallest absolute Gasteiger partial charge is 0.156 e. The van der Waals surface area contributed by atoms with Crippen LogP contribution >= 0.6 is 0 Å². The summed E-state index contributed by atoms with van der Waals surface area (Å²) in [7, 11) is 4.01. The van der Waals surface area contributed by atoms with Gasteiger partial charge in [-0.25, -0.2) is 9.97 Å². The fourth-order valence-electron chi connectivity index (χ4n) is 1.83. The first-order chi connectivity index (χ1) is 8.09. The van der Waals surface area contributed by atoms with E-state index in [-0.39, 0.29) is 6.04 Å². The Hall–Kier alpha value is -1.62. The zero-order valence-electron chi connectivity index (χ0n) is 10.6. The number of anilines is 1. The van der Waals surface area contributed by atoms with Crippen LogP contribution in [0.4, 0.5) is 5.82 Å². The molecule has 0 radical (unpaired) electrons. The summed E-state index contributed by atoms with van der Waals surface area (Å²) in [4.78, 5) is 10.9. The molecule has 92 valence electrons. The molecule has 17 heavy (non-hydrogen) atoms. The molecule has 2 aromatic rings. The minimum Gasteiger partial charge on any atom is -0.358 e. The molecule has 1 atom stereocenters. The SMILES string of the molecule is CC(N)CCN(C)c1nccc2c1ncn2C. The molecule has 5 nitrogen and oxygen atoms in total. The molecule has 0 bridgehead atoms. The van der Waals surface area contributed by atoms with E-state index >= 15 is 0 Å². The predicted molar refractivity (Wildman–Crippen MR) is 70.0 cm³/mol.